The van der Waals surface area contributed by atoms with E-state index in [9.17, 15) is 5.11 Å². The number of hydrogen-bond donors (Lipinski definition) is 1. The number of rotatable bonds is 4. The highest BCUT2D eigenvalue weighted by molar-refractivity contribution is 6.30. The highest BCUT2D eigenvalue weighted by Gasteiger charge is 2.42. The van der Waals surface area contributed by atoms with Gasteiger partial charge in [-0.05, 0) is 17.7 Å². The molecular weight excluding hydrogens is 278 g/mol. The monoisotopic (exact) mass is 293 g/mol. The number of nitrogens with zero attached hydrogens (tertiary/aromatic N) is 3. The van der Waals surface area contributed by atoms with E-state index in [4.69, 9.17) is 16.1 Å². The maximum atomic E-state index is 10.5. The first-order valence-corrected chi connectivity index (χ1v) is 6.99. The number of aromatic nitrogens is 2. The molecule has 1 saturated heterocycles. The van der Waals surface area contributed by atoms with Crippen molar-refractivity contribution in [3.63, 3.8) is 0 Å². The average Bonchev–Trinajstić information content (AvgIpc) is 2.85. The molecule has 6 heteroatoms. The van der Waals surface area contributed by atoms with Gasteiger partial charge < -0.3 is 9.63 Å². The van der Waals surface area contributed by atoms with Crippen molar-refractivity contribution in [3.8, 4) is 0 Å². The lowest BCUT2D eigenvalue weighted by Crippen LogP contribution is -2.58. The van der Waals surface area contributed by atoms with E-state index >= 15 is 0 Å². The maximum absolute atomic E-state index is 10.5. The molecule has 0 radical (unpaired) electrons. The second-order valence-electron chi connectivity index (χ2n) is 5.14. The molecule has 1 N–H and O–H groups in total. The minimum Gasteiger partial charge on any atom is -0.382 e. The largest absolute Gasteiger partial charge is 0.382 e. The zero-order chi connectivity index (χ0) is 14.2. The summed E-state index contributed by atoms with van der Waals surface area (Å²) in [5.41, 5.74) is 0.0857. The van der Waals surface area contributed by atoms with Gasteiger partial charge in [0.2, 0.25) is 5.89 Å². The van der Waals surface area contributed by atoms with Crippen LogP contribution in [-0.2, 0) is 18.6 Å². The quantitative estimate of drug-likeness (QED) is 0.934. The summed E-state index contributed by atoms with van der Waals surface area (Å²) in [5.74, 6) is 1.31. The number of likely N-dealkylation sites (tertiary alicyclic amines) is 1. The predicted molar refractivity (Wildman–Crippen MR) is 74.3 cm³/mol. The number of hydrogen-bond acceptors (Lipinski definition) is 5. The van der Waals surface area contributed by atoms with Crippen LogP contribution in [-0.4, -0.2) is 33.2 Å². The molecule has 0 spiro atoms. The third kappa shape index (κ3) is 2.57. The minimum atomic E-state index is -0.804. The van der Waals surface area contributed by atoms with E-state index in [0.717, 1.165) is 12.0 Å². The number of aliphatic hydroxyl groups is 1. The Bertz CT molecular complexity index is 591. The Morgan fingerprint density at radius 3 is 2.65 bits per heavy atom. The minimum absolute atomic E-state index is 0.560. The van der Waals surface area contributed by atoms with Gasteiger partial charge >= 0.3 is 0 Å². The Morgan fingerprint density at radius 2 is 2.05 bits per heavy atom. The number of β-amino-alcohol motifs (C(OH)–C–C–N with tert-alkyl or cyclic N) is 1. The molecule has 5 nitrogen and oxygen atoms in total. The Balaban J connectivity index is 1.61. The SMILES string of the molecule is CCc1nc(CN2CC(O)(c3ccc(Cl)cc3)C2)no1. The van der Waals surface area contributed by atoms with Crippen molar-refractivity contribution in [2.45, 2.75) is 25.5 Å². The molecule has 1 aliphatic rings. The molecule has 3 rings (SSSR count). The molecule has 0 atom stereocenters. The van der Waals surface area contributed by atoms with Gasteiger partial charge in [0.1, 0.15) is 5.60 Å². The second kappa shape index (κ2) is 5.16. The molecule has 0 aliphatic carbocycles. The smallest absolute Gasteiger partial charge is 0.226 e. The van der Waals surface area contributed by atoms with Crippen LogP contribution in [0.2, 0.25) is 5.02 Å². The summed E-state index contributed by atoms with van der Waals surface area (Å²) in [6, 6.07) is 7.32. The molecule has 0 bridgehead atoms. The number of halogens is 1. The Kier molecular flexibility index (Phi) is 3.50. The van der Waals surface area contributed by atoms with Crippen molar-refractivity contribution < 1.29 is 9.63 Å². The lowest BCUT2D eigenvalue weighted by Gasteiger charge is -2.46. The van der Waals surface area contributed by atoms with Gasteiger partial charge in [-0.3, -0.25) is 4.90 Å². The van der Waals surface area contributed by atoms with Crippen molar-refractivity contribution in [3.05, 3.63) is 46.6 Å². The zero-order valence-electron chi connectivity index (χ0n) is 11.2. The Morgan fingerprint density at radius 1 is 1.35 bits per heavy atom. The molecule has 1 aliphatic heterocycles. The van der Waals surface area contributed by atoms with Gasteiger partial charge in [-0.15, -0.1) is 0 Å². The summed E-state index contributed by atoms with van der Waals surface area (Å²) in [5, 5.41) is 15.1. The molecule has 0 saturated carbocycles. The van der Waals surface area contributed by atoms with Crippen molar-refractivity contribution in [1.29, 1.82) is 0 Å². The van der Waals surface area contributed by atoms with E-state index in [1.807, 2.05) is 19.1 Å². The van der Waals surface area contributed by atoms with Gasteiger partial charge in [-0.2, -0.15) is 4.98 Å². The van der Waals surface area contributed by atoms with Crippen LogP contribution >= 0.6 is 11.6 Å². The molecular formula is C14H16ClN3O2. The van der Waals surface area contributed by atoms with Crippen LogP contribution in [0.3, 0.4) is 0 Å². The fraction of sp³-hybridized carbons (Fsp3) is 0.429. The summed E-state index contributed by atoms with van der Waals surface area (Å²) in [7, 11) is 0. The molecule has 1 fully saturated rings. The fourth-order valence-corrected chi connectivity index (χ4v) is 2.57. The summed E-state index contributed by atoms with van der Waals surface area (Å²) in [6.07, 6.45) is 0.738. The second-order valence-corrected chi connectivity index (χ2v) is 5.58. The van der Waals surface area contributed by atoms with Crippen LogP contribution in [0.25, 0.3) is 0 Å². The molecule has 0 unspecified atom stereocenters. The zero-order valence-corrected chi connectivity index (χ0v) is 12.0. The van der Waals surface area contributed by atoms with E-state index in [1.54, 1.807) is 12.1 Å². The third-order valence-electron chi connectivity index (χ3n) is 3.53. The fourth-order valence-electron chi connectivity index (χ4n) is 2.45. The molecule has 1 aromatic carbocycles. The average molecular weight is 294 g/mol. The van der Waals surface area contributed by atoms with Gasteiger partial charge in [-0.1, -0.05) is 35.8 Å². The van der Waals surface area contributed by atoms with Gasteiger partial charge in [0, 0.05) is 24.5 Å². The first-order chi connectivity index (χ1) is 9.59. The third-order valence-corrected chi connectivity index (χ3v) is 3.78. The normalized spacial score (nSPS) is 17.9. The molecule has 106 valence electrons. The van der Waals surface area contributed by atoms with E-state index in [-0.39, 0.29) is 0 Å². The number of benzene rings is 1. The Labute approximate surface area is 122 Å². The molecule has 2 heterocycles. The van der Waals surface area contributed by atoms with Crippen LogP contribution in [0.4, 0.5) is 0 Å². The van der Waals surface area contributed by atoms with Crippen LogP contribution in [0, 0.1) is 0 Å². The number of aryl methyl sites for hydroxylation is 1. The summed E-state index contributed by atoms with van der Waals surface area (Å²) in [4.78, 5) is 6.35. The standard InChI is InChI=1S/C14H16ClN3O2/c1-2-13-16-12(17-20-13)7-18-8-14(19,9-18)10-3-5-11(15)6-4-10/h3-6,19H,2,7-9H2,1H3. The first kappa shape index (κ1) is 13.5. The van der Waals surface area contributed by atoms with Crippen LogP contribution < -0.4 is 0 Å². The summed E-state index contributed by atoms with van der Waals surface area (Å²) in [6.45, 7) is 3.69. The summed E-state index contributed by atoms with van der Waals surface area (Å²) < 4.78 is 5.07. The molecule has 0 amide bonds. The van der Waals surface area contributed by atoms with Crippen LogP contribution in [0.1, 0.15) is 24.2 Å². The van der Waals surface area contributed by atoms with Crippen molar-refractivity contribution in [1.82, 2.24) is 15.0 Å². The van der Waals surface area contributed by atoms with Crippen molar-refractivity contribution in [2.24, 2.45) is 0 Å². The summed E-state index contributed by atoms with van der Waals surface area (Å²) >= 11 is 5.86. The lowest BCUT2D eigenvalue weighted by molar-refractivity contribution is -0.108. The molecule has 2 aromatic rings. The van der Waals surface area contributed by atoms with Crippen LogP contribution in [0.15, 0.2) is 28.8 Å². The maximum Gasteiger partial charge on any atom is 0.226 e. The van der Waals surface area contributed by atoms with Gasteiger partial charge in [-0.25, -0.2) is 0 Å². The van der Waals surface area contributed by atoms with Gasteiger partial charge in [0.05, 0.1) is 6.54 Å². The van der Waals surface area contributed by atoms with Crippen molar-refractivity contribution in [2.75, 3.05) is 13.1 Å². The highest BCUT2D eigenvalue weighted by Crippen LogP contribution is 2.33. The molecule has 20 heavy (non-hydrogen) atoms. The van der Waals surface area contributed by atoms with Gasteiger partial charge in [0.15, 0.2) is 5.82 Å². The Hall–Kier alpha value is -1.43. The van der Waals surface area contributed by atoms with Gasteiger partial charge in [0.25, 0.3) is 0 Å². The lowest BCUT2D eigenvalue weighted by atomic mass is 9.86. The van der Waals surface area contributed by atoms with Crippen molar-refractivity contribution >= 4 is 11.6 Å². The predicted octanol–water partition coefficient (Wildman–Crippen LogP) is 1.99. The highest BCUT2D eigenvalue weighted by atomic mass is 35.5. The topological polar surface area (TPSA) is 62.4 Å². The molecule has 1 aromatic heterocycles. The van der Waals surface area contributed by atoms with E-state index < -0.39 is 5.60 Å². The van der Waals surface area contributed by atoms with E-state index in [1.165, 1.54) is 0 Å². The van der Waals surface area contributed by atoms with Crippen LogP contribution in [0.5, 0.6) is 0 Å². The van der Waals surface area contributed by atoms with E-state index in [0.29, 0.717) is 36.4 Å². The first-order valence-electron chi connectivity index (χ1n) is 6.61. The van der Waals surface area contributed by atoms with E-state index in [2.05, 4.69) is 15.0 Å².